The van der Waals surface area contributed by atoms with E-state index < -0.39 is 0 Å². The summed E-state index contributed by atoms with van der Waals surface area (Å²) in [5, 5.41) is 3.06. The first kappa shape index (κ1) is 9.88. The fourth-order valence-electron chi connectivity index (χ4n) is 3.21. The first-order valence-electron chi connectivity index (χ1n) is 6.23. The van der Waals surface area contributed by atoms with Gasteiger partial charge in [0.15, 0.2) is 0 Å². The van der Waals surface area contributed by atoms with E-state index in [2.05, 4.69) is 17.4 Å². The summed E-state index contributed by atoms with van der Waals surface area (Å²) in [6.45, 7) is 0.859. The van der Waals surface area contributed by atoms with Crippen LogP contribution in [0.1, 0.15) is 47.5 Å². The summed E-state index contributed by atoms with van der Waals surface area (Å²) in [7, 11) is 0. The van der Waals surface area contributed by atoms with Gasteiger partial charge in [0, 0.05) is 12.1 Å². The van der Waals surface area contributed by atoms with Crippen molar-refractivity contribution in [3.05, 3.63) is 35.4 Å². The SMILES string of the molecule is O=C1NC[C@H]2CCCC[C@@H]2c2ccccc21. The molecule has 1 aliphatic carbocycles. The Labute approximate surface area is 96.1 Å². The lowest BCUT2D eigenvalue weighted by Crippen LogP contribution is -2.29. The van der Waals surface area contributed by atoms with E-state index in [1.54, 1.807) is 0 Å². The maximum absolute atomic E-state index is 11.9. The van der Waals surface area contributed by atoms with Crippen LogP contribution in [0.25, 0.3) is 0 Å². The molecule has 1 aliphatic heterocycles. The minimum atomic E-state index is 0.116. The molecule has 0 spiro atoms. The summed E-state index contributed by atoms with van der Waals surface area (Å²) < 4.78 is 0. The molecule has 2 heteroatoms. The van der Waals surface area contributed by atoms with Crippen LogP contribution >= 0.6 is 0 Å². The smallest absolute Gasteiger partial charge is 0.251 e. The van der Waals surface area contributed by atoms with Gasteiger partial charge in [-0.05, 0) is 36.3 Å². The zero-order valence-electron chi connectivity index (χ0n) is 9.41. The lowest BCUT2D eigenvalue weighted by Gasteiger charge is -2.30. The maximum Gasteiger partial charge on any atom is 0.251 e. The van der Waals surface area contributed by atoms with Crippen molar-refractivity contribution in [2.75, 3.05) is 6.54 Å². The first-order valence-corrected chi connectivity index (χ1v) is 6.23. The fourth-order valence-corrected chi connectivity index (χ4v) is 3.21. The van der Waals surface area contributed by atoms with Gasteiger partial charge in [-0.1, -0.05) is 31.0 Å². The number of hydrogen-bond acceptors (Lipinski definition) is 1. The fraction of sp³-hybridized carbons (Fsp3) is 0.500. The summed E-state index contributed by atoms with van der Waals surface area (Å²) >= 11 is 0. The number of carbonyl (C=O) groups is 1. The van der Waals surface area contributed by atoms with E-state index in [-0.39, 0.29) is 5.91 Å². The van der Waals surface area contributed by atoms with Crippen LogP contribution in [0.15, 0.2) is 24.3 Å². The average Bonchev–Trinajstić information content (AvgIpc) is 2.49. The molecule has 1 aromatic rings. The zero-order valence-corrected chi connectivity index (χ0v) is 9.41. The predicted molar refractivity (Wildman–Crippen MR) is 63.5 cm³/mol. The molecular formula is C14H17NO. The first-order chi connectivity index (χ1) is 7.86. The van der Waals surface area contributed by atoms with Crippen LogP contribution in [0.3, 0.4) is 0 Å². The van der Waals surface area contributed by atoms with Gasteiger partial charge in [-0.3, -0.25) is 4.79 Å². The minimum absolute atomic E-state index is 0.116. The molecule has 1 heterocycles. The summed E-state index contributed by atoms with van der Waals surface area (Å²) in [5.74, 6) is 1.37. The third-order valence-electron chi connectivity index (χ3n) is 4.04. The van der Waals surface area contributed by atoms with Gasteiger partial charge >= 0.3 is 0 Å². The second kappa shape index (κ2) is 3.93. The molecular weight excluding hydrogens is 198 g/mol. The maximum atomic E-state index is 11.9. The van der Waals surface area contributed by atoms with Gasteiger partial charge in [0.25, 0.3) is 5.91 Å². The average molecular weight is 215 g/mol. The van der Waals surface area contributed by atoms with Crippen molar-refractivity contribution in [3.63, 3.8) is 0 Å². The van der Waals surface area contributed by atoms with Gasteiger partial charge in [-0.25, -0.2) is 0 Å². The van der Waals surface area contributed by atoms with Crippen LogP contribution in [-0.2, 0) is 0 Å². The minimum Gasteiger partial charge on any atom is -0.352 e. The lowest BCUT2D eigenvalue weighted by atomic mass is 9.75. The third-order valence-corrected chi connectivity index (χ3v) is 4.04. The summed E-state index contributed by atoms with van der Waals surface area (Å²) in [6, 6.07) is 8.12. The molecule has 84 valence electrons. The number of carbonyl (C=O) groups excluding carboxylic acids is 1. The molecule has 1 N–H and O–H groups in total. The number of hydrogen-bond donors (Lipinski definition) is 1. The van der Waals surface area contributed by atoms with Gasteiger partial charge in [0.2, 0.25) is 0 Å². The highest BCUT2D eigenvalue weighted by atomic mass is 16.1. The van der Waals surface area contributed by atoms with Crippen LogP contribution in [0.4, 0.5) is 0 Å². The number of rotatable bonds is 0. The number of nitrogens with one attached hydrogen (secondary N) is 1. The topological polar surface area (TPSA) is 29.1 Å². The van der Waals surface area contributed by atoms with Gasteiger partial charge in [-0.15, -0.1) is 0 Å². The van der Waals surface area contributed by atoms with E-state index in [0.29, 0.717) is 11.8 Å². The Morgan fingerprint density at radius 1 is 1.12 bits per heavy atom. The Kier molecular flexibility index (Phi) is 2.43. The largest absolute Gasteiger partial charge is 0.352 e. The molecule has 3 rings (SSSR count). The lowest BCUT2D eigenvalue weighted by molar-refractivity contribution is 0.0950. The molecule has 0 aromatic heterocycles. The second-order valence-corrected chi connectivity index (χ2v) is 4.95. The van der Waals surface area contributed by atoms with E-state index in [9.17, 15) is 4.79 Å². The summed E-state index contributed by atoms with van der Waals surface area (Å²) in [6.07, 6.45) is 5.14. The van der Waals surface area contributed by atoms with Gasteiger partial charge in [0.1, 0.15) is 0 Å². The molecule has 1 fully saturated rings. The Morgan fingerprint density at radius 3 is 2.88 bits per heavy atom. The van der Waals surface area contributed by atoms with Gasteiger partial charge in [0.05, 0.1) is 0 Å². The van der Waals surface area contributed by atoms with E-state index in [4.69, 9.17) is 0 Å². The molecule has 0 unspecified atom stereocenters. The predicted octanol–water partition coefficient (Wildman–Crippen LogP) is 2.70. The summed E-state index contributed by atoms with van der Waals surface area (Å²) in [5.41, 5.74) is 2.18. The van der Waals surface area contributed by atoms with E-state index >= 15 is 0 Å². The molecule has 16 heavy (non-hydrogen) atoms. The normalized spacial score (nSPS) is 28.6. The zero-order chi connectivity index (χ0) is 11.0. The number of fused-ring (bicyclic) bond motifs is 3. The van der Waals surface area contributed by atoms with Crippen LogP contribution in [0, 0.1) is 5.92 Å². The van der Waals surface area contributed by atoms with Crippen molar-refractivity contribution in [1.82, 2.24) is 5.32 Å². The molecule has 1 amide bonds. The van der Waals surface area contributed by atoms with Crippen molar-refractivity contribution in [3.8, 4) is 0 Å². The standard InChI is InChI=1S/C14H17NO/c16-14-13-8-4-3-7-12(13)11-6-2-1-5-10(11)9-15-14/h3-4,7-8,10-11H,1-2,5-6,9H2,(H,15,16)/t10-,11+/m1/s1. The van der Waals surface area contributed by atoms with Gasteiger partial charge in [-0.2, -0.15) is 0 Å². The highest BCUT2D eigenvalue weighted by molar-refractivity contribution is 5.96. The van der Waals surface area contributed by atoms with Crippen molar-refractivity contribution in [2.24, 2.45) is 5.92 Å². The Bertz CT molecular complexity index is 413. The number of amides is 1. The van der Waals surface area contributed by atoms with Crippen LogP contribution in [0.5, 0.6) is 0 Å². The Balaban J connectivity index is 2.06. The van der Waals surface area contributed by atoms with Crippen molar-refractivity contribution in [2.45, 2.75) is 31.6 Å². The summed E-state index contributed by atoms with van der Waals surface area (Å²) in [4.78, 5) is 11.9. The molecule has 1 aromatic carbocycles. The molecule has 2 atom stereocenters. The molecule has 0 bridgehead atoms. The van der Waals surface area contributed by atoms with E-state index in [1.165, 1.54) is 31.2 Å². The van der Waals surface area contributed by atoms with Crippen molar-refractivity contribution in [1.29, 1.82) is 0 Å². The number of benzene rings is 1. The quantitative estimate of drug-likeness (QED) is 0.708. The van der Waals surface area contributed by atoms with Gasteiger partial charge < -0.3 is 5.32 Å². The van der Waals surface area contributed by atoms with Crippen LogP contribution in [0.2, 0.25) is 0 Å². The van der Waals surface area contributed by atoms with Crippen molar-refractivity contribution >= 4 is 5.91 Å². The Morgan fingerprint density at radius 2 is 1.94 bits per heavy atom. The molecule has 1 saturated carbocycles. The van der Waals surface area contributed by atoms with E-state index in [0.717, 1.165) is 12.1 Å². The third kappa shape index (κ3) is 1.53. The molecule has 2 nitrogen and oxygen atoms in total. The highest BCUT2D eigenvalue weighted by Gasteiger charge is 2.32. The molecule has 0 radical (unpaired) electrons. The molecule has 0 saturated heterocycles. The van der Waals surface area contributed by atoms with Crippen molar-refractivity contribution < 1.29 is 4.79 Å². The Hall–Kier alpha value is -1.31. The molecule has 2 aliphatic rings. The van der Waals surface area contributed by atoms with Crippen LogP contribution in [-0.4, -0.2) is 12.5 Å². The monoisotopic (exact) mass is 215 g/mol. The van der Waals surface area contributed by atoms with E-state index in [1.807, 2.05) is 12.1 Å². The second-order valence-electron chi connectivity index (χ2n) is 4.95. The highest BCUT2D eigenvalue weighted by Crippen LogP contribution is 2.40. The van der Waals surface area contributed by atoms with Crippen LogP contribution < -0.4 is 5.32 Å².